The van der Waals surface area contributed by atoms with Crippen molar-refractivity contribution >= 4 is 0 Å². The van der Waals surface area contributed by atoms with Crippen LogP contribution < -0.4 is 5.32 Å². The second kappa shape index (κ2) is 6.33. The van der Waals surface area contributed by atoms with Gasteiger partial charge >= 0.3 is 0 Å². The van der Waals surface area contributed by atoms with E-state index in [1.54, 1.807) is 6.20 Å². The van der Waals surface area contributed by atoms with Gasteiger partial charge in [-0.2, -0.15) is 5.10 Å². The van der Waals surface area contributed by atoms with Crippen LogP contribution in [0.5, 0.6) is 0 Å². The van der Waals surface area contributed by atoms with Gasteiger partial charge in [0, 0.05) is 37.9 Å². The number of hydrogen-bond acceptors (Lipinski definition) is 3. The predicted octanol–water partition coefficient (Wildman–Crippen LogP) is 2.87. The van der Waals surface area contributed by atoms with Gasteiger partial charge in [0.2, 0.25) is 0 Å². The highest BCUT2D eigenvalue weighted by molar-refractivity contribution is 5.33. The van der Waals surface area contributed by atoms with Crippen molar-refractivity contribution in [2.75, 3.05) is 0 Å². The lowest BCUT2D eigenvalue weighted by atomic mass is 10.1. The van der Waals surface area contributed by atoms with Crippen LogP contribution in [0.15, 0.2) is 61.2 Å². The Morgan fingerprint density at radius 3 is 2.62 bits per heavy atom. The second-order valence-electron chi connectivity index (χ2n) is 5.02. The zero-order chi connectivity index (χ0) is 14.5. The molecule has 1 N–H and O–H groups in total. The third kappa shape index (κ3) is 3.35. The van der Waals surface area contributed by atoms with E-state index in [1.165, 1.54) is 16.7 Å². The van der Waals surface area contributed by atoms with E-state index in [0.29, 0.717) is 0 Å². The topological polar surface area (TPSA) is 42.7 Å². The van der Waals surface area contributed by atoms with Gasteiger partial charge in [-0.25, -0.2) is 4.68 Å². The summed E-state index contributed by atoms with van der Waals surface area (Å²) in [5, 5.41) is 7.69. The Kier molecular flexibility index (Phi) is 4.07. The van der Waals surface area contributed by atoms with E-state index in [-0.39, 0.29) is 0 Å². The van der Waals surface area contributed by atoms with Crippen LogP contribution in [0, 0.1) is 6.92 Å². The fourth-order valence-electron chi connectivity index (χ4n) is 2.23. The number of rotatable bonds is 5. The standard InChI is InChI=1S/C17H18N4/c1-14-11-18-9-7-16(14)13-19-12-15-3-5-17(6-4-15)21-10-2-8-20-21/h2-11,19H,12-13H2,1H3. The van der Waals surface area contributed by atoms with Gasteiger partial charge in [0.25, 0.3) is 0 Å². The fourth-order valence-corrected chi connectivity index (χ4v) is 2.23. The predicted molar refractivity (Wildman–Crippen MR) is 83.1 cm³/mol. The van der Waals surface area contributed by atoms with E-state index in [2.05, 4.69) is 52.7 Å². The van der Waals surface area contributed by atoms with Crippen LogP contribution in [-0.4, -0.2) is 14.8 Å². The Hall–Kier alpha value is -2.46. The lowest BCUT2D eigenvalue weighted by molar-refractivity contribution is 0.689. The monoisotopic (exact) mass is 278 g/mol. The Bertz CT molecular complexity index is 687. The van der Waals surface area contributed by atoms with Gasteiger partial charge in [-0.05, 0) is 47.9 Å². The molecule has 21 heavy (non-hydrogen) atoms. The first kappa shape index (κ1) is 13.5. The molecular weight excluding hydrogens is 260 g/mol. The number of pyridine rings is 1. The van der Waals surface area contributed by atoms with Crippen LogP contribution in [0.3, 0.4) is 0 Å². The summed E-state index contributed by atoms with van der Waals surface area (Å²) in [6.07, 6.45) is 7.46. The third-order valence-electron chi connectivity index (χ3n) is 3.49. The second-order valence-corrected chi connectivity index (χ2v) is 5.02. The average Bonchev–Trinajstić information content (AvgIpc) is 3.04. The van der Waals surface area contributed by atoms with Crippen LogP contribution in [0.1, 0.15) is 16.7 Å². The molecule has 0 spiro atoms. The average molecular weight is 278 g/mol. The molecule has 0 aliphatic carbocycles. The quantitative estimate of drug-likeness (QED) is 0.780. The van der Waals surface area contributed by atoms with Gasteiger partial charge in [-0.3, -0.25) is 4.98 Å². The number of benzene rings is 1. The first-order chi connectivity index (χ1) is 10.3. The third-order valence-corrected chi connectivity index (χ3v) is 3.49. The van der Waals surface area contributed by atoms with Crippen LogP contribution >= 0.6 is 0 Å². The van der Waals surface area contributed by atoms with E-state index in [0.717, 1.165) is 18.8 Å². The molecule has 3 aromatic rings. The number of nitrogens with zero attached hydrogens (tertiary/aromatic N) is 3. The van der Waals surface area contributed by atoms with Crippen LogP contribution in [-0.2, 0) is 13.1 Å². The summed E-state index contributed by atoms with van der Waals surface area (Å²) < 4.78 is 1.86. The van der Waals surface area contributed by atoms with Crippen LogP contribution in [0.4, 0.5) is 0 Å². The Morgan fingerprint density at radius 2 is 1.90 bits per heavy atom. The zero-order valence-corrected chi connectivity index (χ0v) is 12.0. The normalized spacial score (nSPS) is 10.7. The Balaban J connectivity index is 1.58. The molecule has 0 radical (unpaired) electrons. The smallest absolute Gasteiger partial charge is 0.0645 e. The highest BCUT2D eigenvalue weighted by atomic mass is 15.3. The molecule has 0 unspecified atom stereocenters. The molecule has 0 fully saturated rings. The summed E-state index contributed by atoms with van der Waals surface area (Å²) in [5.41, 5.74) is 4.85. The number of hydrogen-bond donors (Lipinski definition) is 1. The molecule has 4 nitrogen and oxygen atoms in total. The molecule has 0 atom stereocenters. The summed E-state index contributed by atoms with van der Waals surface area (Å²) in [6.45, 7) is 3.79. The molecule has 0 bridgehead atoms. The molecular formula is C17H18N4. The molecule has 2 aromatic heterocycles. The molecule has 3 rings (SSSR count). The summed E-state index contributed by atoms with van der Waals surface area (Å²) in [6, 6.07) is 12.4. The molecule has 0 aliphatic rings. The SMILES string of the molecule is Cc1cnccc1CNCc1ccc(-n2cccn2)cc1. The zero-order valence-electron chi connectivity index (χ0n) is 12.0. The minimum atomic E-state index is 0.848. The van der Waals surface area contributed by atoms with Crippen molar-refractivity contribution in [3.05, 3.63) is 77.9 Å². The lowest BCUT2D eigenvalue weighted by Crippen LogP contribution is -2.13. The maximum Gasteiger partial charge on any atom is 0.0645 e. The van der Waals surface area contributed by atoms with E-state index in [4.69, 9.17) is 0 Å². The van der Waals surface area contributed by atoms with Crippen LogP contribution in [0.25, 0.3) is 5.69 Å². The van der Waals surface area contributed by atoms with E-state index >= 15 is 0 Å². The highest BCUT2D eigenvalue weighted by Gasteiger charge is 1.99. The highest BCUT2D eigenvalue weighted by Crippen LogP contribution is 2.09. The van der Waals surface area contributed by atoms with Crippen molar-refractivity contribution < 1.29 is 0 Å². The number of aromatic nitrogens is 3. The molecule has 4 heteroatoms. The lowest BCUT2D eigenvalue weighted by Gasteiger charge is -2.08. The molecule has 0 aliphatic heterocycles. The Morgan fingerprint density at radius 1 is 1.05 bits per heavy atom. The number of aryl methyl sites for hydroxylation is 1. The van der Waals surface area contributed by atoms with Gasteiger partial charge in [-0.15, -0.1) is 0 Å². The fraction of sp³-hybridized carbons (Fsp3) is 0.176. The van der Waals surface area contributed by atoms with Gasteiger partial charge in [0.1, 0.15) is 0 Å². The Labute approximate surface area is 124 Å². The summed E-state index contributed by atoms with van der Waals surface area (Å²) >= 11 is 0. The summed E-state index contributed by atoms with van der Waals surface area (Å²) in [4.78, 5) is 4.11. The van der Waals surface area contributed by atoms with Crippen molar-refractivity contribution in [2.45, 2.75) is 20.0 Å². The van der Waals surface area contributed by atoms with Crippen molar-refractivity contribution in [2.24, 2.45) is 0 Å². The van der Waals surface area contributed by atoms with Gasteiger partial charge in [0.15, 0.2) is 0 Å². The van der Waals surface area contributed by atoms with Gasteiger partial charge in [-0.1, -0.05) is 12.1 Å². The first-order valence-electron chi connectivity index (χ1n) is 7.02. The molecule has 1 aromatic carbocycles. The minimum Gasteiger partial charge on any atom is -0.309 e. The molecule has 106 valence electrons. The molecule has 2 heterocycles. The summed E-state index contributed by atoms with van der Waals surface area (Å²) in [5.74, 6) is 0. The van der Waals surface area contributed by atoms with Gasteiger partial charge in [0.05, 0.1) is 5.69 Å². The maximum atomic E-state index is 4.22. The molecule has 0 saturated heterocycles. The van der Waals surface area contributed by atoms with E-state index in [1.807, 2.05) is 29.3 Å². The van der Waals surface area contributed by atoms with Crippen LogP contribution in [0.2, 0.25) is 0 Å². The molecule has 0 saturated carbocycles. The van der Waals surface area contributed by atoms with Crippen molar-refractivity contribution in [3.8, 4) is 5.69 Å². The van der Waals surface area contributed by atoms with E-state index in [9.17, 15) is 0 Å². The van der Waals surface area contributed by atoms with Crippen molar-refractivity contribution in [1.82, 2.24) is 20.1 Å². The van der Waals surface area contributed by atoms with E-state index < -0.39 is 0 Å². The van der Waals surface area contributed by atoms with Gasteiger partial charge < -0.3 is 5.32 Å². The number of nitrogens with one attached hydrogen (secondary N) is 1. The largest absolute Gasteiger partial charge is 0.309 e. The maximum absolute atomic E-state index is 4.22. The summed E-state index contributed by atoms with van der Waals surface area (Å²) in [7, 11) is 0. The molecule has 0 amide bonds. The van der Waals surface area contributed by atoms with Crippen molar-refractivity contribution in [1.29, 1.82) is 0 Å². The first-order valence-corrected chi connectivity index (χ1v) is 7.02. The minimum absolute atomic E-state index is 0.848. The van der Waals surface area contributed by atoms with Crippen molar-refractivity contribution in [3.63, 3.8) is 0 Å².